The van der Waals surface area contributed by atoms with Gasteiger partial charge in [0.2, 0.25) is 0 Å². The number of halogens is 2. The molecule has 0 atom stereocenters. The molecule has 0 bridgehead atoms. The van der Waals surface area contributed by atoms with Gasteiger partial charge in [-0.25, -0.2) is 0 Å². The highest BCUT2D eigenvalue weighted by Crippen LogP contribution is 2.50. The minimum Gasteiger partial charge on any atom is -0.496 e. The second-order valence-electron chi connectivity index (χ2n) is 8.06. The summed E-state index contributed by atoms with van der Waals surface area (Å²) < 4.78 is 13.8. The van der Waals surface area contributed by atoms with E-state index in [1.165, 1.54) is 18.3 Å². The van der Waals surface area contributed by atoms with Crippen LogP contribution in [0, 0.1) is 7.14 Å². The molecule has 0 fully saturated rings. The van der Waals surface area contributed by atoms with Gasteiger partial charge in [-0.3, -0.25) is 0 Å². The van der Waals surface area contributed by atoms with Crippen molar-refractivity contribution in [3.05, 3.63) is 42.5 Å². The first-order valence-corrected chi connectivity index (χ1v) is 16.8. The van der Waals surface area contributed by atoms with Crippen molar-refractivity contribution in [1.82, 2.24) is 0 Å². The van der Waals surface area contributed by atoms with Gasteiger partial charge in [0.05, 0.1) is 21.4 Å². The second kappa shape index (κ2) is 6.08. The Labute approximate surface area is 184 Å². The fourth-order valence-electron chi connectivity index (χ4n) is 4.70. The van der Waals surface area contributed by atoms with E-state index in [4.69, 9.17) is 9.47 Å². The molecule has 0 aromatic heterocycles. The summed E-state index contributed by atoms with van der Waals surface area (Å²) in [6, 6.07) is 9.37. The van der Waals surface area contributed by atoms with Gasteiger partial charge in [-0.15, -0.1) is 0 Å². The lowest BCUT2D eigenvalue weighted by Gasteiger charge is -2.27. The van der Waals surface area contributed by atoms with Crippen molar-refractivity contribution in [3.63, 3.8) is 0 Å². The van der Waals surface area contributed by atoms with E-state index in [0.29, 0.717) is 0 Å². The van der Waals surface area contributed by atoms with Crippen LogP contribution in [0.2, 0.25) is 26.2 Å². The van der Waals surface area contributed by atoms with Crippen LogP contribution in [0.5, 0.6) is 11.5 Å². The first kappa shape index (κ1) is 19.0. The molecule has 0 N–H and O–H groups in total. The molecular formula is C20H22I2O2Si2. The monoisotopic (exact) mass is 604 g/mol. The first-order chi connectivity index (χ1) is 12.1. The Morgan fingerprint density at radius 2 is 1.00 bits per heavy atom. The summed E-state index contributed by atoms with van der Waals surface area (Å²) in [5, 5.41) is 6.41. The van der Waals surface area contributed by atoms with Crippen LogP contribution in [0.3, 0.4) is 0 Å². The van der Waals surface area contributed by atoms with Gasteiger partial charge in [0.1, 0.15) is 27.6 Å². The van der Waals surface area contributed by atoms with Crippen molar-refractivity contribution in [1.29, 1.82) is 0 Å². The molecule has 2 aliphatic heterocycles. The van der Waals surface area contributed by atoms with E-state index in [2.05, 4.69) is 95.6 Å². The molecule has 2 aromatic rings. The number of fused-ring (bicyclic) bond motifs is 4. The van der Waals surface area contributed by atoms with Gasteiger partial charge in [0.25, 0.3) is 0 Å². The summed E-state index contributed by atoms with van der Waals surface area (Å²) in [6.45, 7) is 10.0. The Morgan fingerprint density at radius 3 is 1.31 bits per heavy atom. The van der Waals surface area contributed by atoms with Crippen LogP contribution >= 0.6 is 45.2 Å². The van der Waals surface area contributed by atoms with Crippen LogP contribution in [0.4, 0.5) is 0 Å². The molecule has 6 heteroatoms. The topological polar surface area (TPSA) is 18.5 Å². The Balaban J connectivity index is 2.07. The normalized spacial score (nSPS) is 18.5. The van der Waals surface area contributed by atoms with E-state index in [9.17, 15) is 0 Å². The molecule has 0 saturated carbocycles. The molecule has 136 valence electrons. The standard InChI is InChI=1S/C20H22I2O2Si2/c1-23-15-7-11-17(9-13(15)21)25(3,4)20-12-8-16(24-2)14(22)10-18(12)26(5,6)19(11)20/h7-10H,1-6H3. The lowest BCUT2D eigenvalue weighted by molar-refractivity contribution is 0.411. The SMILES string of the molecule is COc1cc2c(cc1I)[Si](C)(C)C1=C2[Si](C)(C)c2cc(I)c(OC)cc21. The van der Waals surface area contributed by atoms with Crippen LogP contribution in [0.25, 0.3) is 10.4 Å². The van der Waals surface area contributed by atoms with Gasteiger partial charge in [0, 0.05) is 0 Å². The van der Waals surface area contributed by atoms with Crippen molar-refractivity contribution >= 4 is 82.1 Å². The maximum Gasteiger partial charge on any atom is 0.132 e. The van der Waals surface area contributed by atoms with Crippen LogP contribution < -0.4 is 19.8 Å². The number of benzene rings is 2. The van der Waals surface area contributed by atoms with Gasteiger partial charge >= 0.3 is 0 Å². The zero-order chi connectivity index (χ0) is 19.0. The zero-order valence-electron chi connectivity index (χ0n) is 15.9. The highest BCUT2D eigenvalue weighted by molar-refractivity contribution is 14.1. The van der Waals surface area contributed by atoms with Gasteiger partial charge in [-0.1, -0.05) is 26.2 Å². The minimum absolute atomic E-state index is 0.996. The van der Waals surface area contributed by atoms with Gasteiger partial charge < -0.3 is 9.47 Å². The minimum atomic E-state index is -1.76. The number of methoxy groups -OCH3 is 2. The molecule has 0 amide bonds. The molecule has 2 heterocycles. The molecule has 2 aromatic carbocycles. The van der Waals surface area contributed by atoms with Crippen molar-refractivity contribution < 1.29 is 9.47 Å². The molecule has 2 aliphatic rings. The van der Waals surface area contributed by atoms with Crippen LogP contribution in [0.15, 0.2) is 24.3 Å². The Kier molecular flexibility index (Phi) is 4.45. The van der Waals surface area contributed by atoms with Crippen LogP contribution in [-0.4, -0.2) is 30.4 Å². The Hall–Kier alpha value is -0.326. The number of rotatable bonds is 2. The van der Waals surface area contributed by atoms with E-state index >= 15 is 0 Å². The average Bonchev–Trinajstić information content (AvgIpc) is 2.95. The fourth-order valence-corrected chi connectivity index (χ4v) is 15.4. The first-order valence-electron chi connectivity index (χ1n) is 8.66. The molecule has 26 heavy (non-hydrogen) atoms. The lowest BCUT2D eigenvalue weighted by Crippen LogP contribution is -2.45. The highest BCUT2D eigenvalue weighted by Gasteiger charge is 2.52. The summed E-state index contributed by atoms with van der Waals surface area (Å²) in [5.41, 5.74) is 2.91. The third kappa shape index (κ3) is 2.37. The molecule has 0 radical (unpaired) electrons. The summed E-state index contributed by atoms with van der Waals surface area (Å²) in [6.07, 6.45) is 0. The molecule has 4 rings (SSSR count). The van der Waals surface area contributed by atoms with Crippen molar-refractivity contribution in [2.45, 2.75) is 26.2 Å². The summed E-state index contributed by atoms with van der Waals surface area (Å²) >= 11 is 4.82. The van der Waals surface area contributed by atoms with Crippen molar-refractivity contribution in [2.24, 2.45) is 0 Å². The molecule has 0 saturated heterocycles. The molecule has 2 nitrogen and oxygen atoms in total. The Bertz CT molecular complexity index is 914. The molecule has 0 spiro atoms. The predicted molar refractivity (Wildman–Crippen MR) is 132 cm³/mol. The number of hydrogen-bond acceptors (Lipinski definition) is 2. The van der Waals surface area contributed by atoms with E-state index in [1.54, 1.807) is 35.0 Å². The molecule has 0 aliphatic carbocycles. The second-order valence-corrected chi connectivity index (χ2v) is 19.0. The van der Waals surface area contributed by atoms with E-state index in [1.807, 2.05) is 0 Å². The Morgan fingerprint density at radius 1 is 0.654 bits per heavy atom. The van der Waals surface area contributed by atoms with Crippen molar-refractivity contribution in [3.8, 4) is 11.5 Å². The quantitative estimate of drug-likeness (QED) is 0.364. The van der Waals surface area contributed by atoms with E-state index in [-0.39, 0.29) is 0 Å². The van der Waals surface area contributed by atoms with Gasteiger partial charge in [-0.05, 0) is 101 Å². The third-order valence-corrected chi connectivity index (χ3v) is 15.0. The summed E-state index contributed by atoms with van der Waals surface area (Å²) in [5.74, 6) is 1.99. The predicted octanol–water partition coefficient (Wildman–Crippen LogP) is 4.76. The van der Waals surface area contributed by atoms with Crippen molar-refractivity contribution in [2.75, 3.05) is 14.2 Å². The van der Waals surface area contributed by atoms with Crippen LogP contribution in [0.1, 0.15) is 11.1 Å². The zero-order valence-corrected chi connectivity index (χ0v) is 22.2. The third-order valence-electron chi connectivity index (χ3n) is 5.97. The number of hydrogen-bond donors (Lipinski definition) is 0. The highest BCUT2D eigenvalue weighted by atomic mass is 127. The largest absolute Gasteiger partial charge is 0.496 e. The summed E-state index contributed by atoms with van der Waals surface area (Å²) in [7, 11) is 0.0374. The lowest BCUT2D eigenvalue weighted by atomic mass is 10.1. The summed E-state index contributed by atoms with van der Waals surface area (Å²) in [4.78, 5) is 0. The van der Waals surface area contributed by atoms with Crippen LogP contribution in [-0.2, 0) is 0 Å². The maximum absolute atomic E-state index is 5.67. The van der Waals surface area contributed by atoms with E-state index in [0.717, 1.165) is 11.5 Å². The average molecular weight is 604 g/mol. The van der Waals surface area contributed by atoms with E-state index < -0.39 is 16.1 Å². The number of ether oxygens (including phenoxy) is 2. The maximum atomic E-state index is 5.67. The fraction of sp³-hybridized carbons (Fsp3) is 0.300. The molecular weight excluding hydrogens is 582 g/mol. The molecule has 0 unspecified atom stereocenters. The smallest absolute Gasteiger partial charge is 0.132 e. The van der Waals surface area contributed by atoms with Gasteiger partial charge in [-0.2, -0.15) is 0 Å². The van der Waals surface area contributed by atoms with Gasteiger partial charge in [0.15, 0.2) is 0 Å².